The first kappa shape index (κ1) is 20.1. The van der Waals surface area contributed by atoms with Crippen molar-refractivity contribution < 1.29 is 0 Å². The lowest BCUT2D eigenvalue weighted by atomic mass is 9.71. The smallest absolute Gasteiger partial charge is 0.0404 e. The van der Waals surface area contributed by atoms with Crippen LogP contribution in [0.1, 0.15) is 77.2 Å². The molecule has 0 unspecified atom stereocenters. The van der Waals surface area contributed by atoms with Gasteiger partial charge in [-0.05, 0) is 86.6 Å². The summed E-state index contributed by atoms with van der Waals surface area (Å²) in [5.74, 6) is 0.749. The molecule has 0 spiro atoms. The molecule has 2 aliphatic heterocycles. The van der Waals surface area contributed by atoms with Gasteiger partial charge >= 0.3 is 0 Å². The molecule has 3 heteroatoms. The molecule has 28 heavy (non-hydrogen) atoms. The molecule has 0 N–H and O–H groups in total. The average molecular weight is 384 g/mol. The van der Waals surface area contributed by atoms with E-state index in [9.17, 15) is 0 Å². The minimum Gasteiger partial charge on any atom is -0.372 e. The molecule has 0 radical (unpaired) electrons. The van der Waals surface area contributed by atoms with E-state index in [1.807, 2.05) is 0 Å². The van der Waals surface area contributed by atoms with E-state index in [0.29, 0.717) is 5.41 Å². The Labute approximate surface area is 173 Å². The molecule has 1 aliphatic carbocycles. The molecule has 3 aliphatic rings. The fourth-order valence-corrected chi connectivity index (χ4v) is 5.57. The molecule has 2 heterocycles. The molecule has 0 atom stereocenters. The highest BCUT2D eigenvalue weighted by Crippen LogP contribution is 2.45. The number of hydrogen-bond donors (Lipinski definition) is 0. The van der Waals surface area contributed by atoms with E-state index < -0.39 is 0 Å². The van der Waals surface area contributed by atoms with Crippen LogP contribution in [-0.4, -0.2) is 50.7 Å². The summed E-state index contributed by atoms with van der Waals surface area (Å²) in [7, 11) is 0. The van der Waals surface area contributed by atoms with Crippen LogP contribution in [-0.2, 0) is 0 Å². The predicted molar refractivity (Wildman–Crippen MR) is 122 cm³/mol. The normalized spacial score (nSPS) is 24.1. The van der Waals surface area contributed by atoms with Gasteiger partial charge in [0.15, 0.2) is 0 Å². The number of hydrogen-bond acceptors (Lipinski definition) is 3. The maximum absolute atomic E-state index is 2.69. The highest BCUT2D eigenvalue weighted by atomic mass is 15.3. The Morgan fingerprint density at radius 3 is 2.21 bits per heavy atom. The van der Waals surface area contributed by atoms with E-state index in [1.165, 1.54) is 96.4 Å². The average Bonchev–Trinajstić information content (AvgIpc) is 3.23. The van der Waals surface area contributed by atoms with Crippen molar-refractivity contribution in [3.63, 3.8) is 0 Å². The quantitative estimate of drug-likeness (QED) is 0.664. The Bertz CT molecular complexity index is 629. The van der Waals surface area contributed by atoms with Gasteiger partial charge in [-0.25, -0.2) is 0 Å². The molecule has 0 aromatic heterocycles. The summed E-state index contributed by atoms with van der Waals surface area (Å²) in [6.45, 7) is 15.8. The molecule has 1 saturated carbocycles. The minimum atomic E-state index is 0.537. The second-order valence-electron chi connectivity index (χ2n) is 10.2. The number of anilines is 2. The van der Waals surface area contributed by atoms with E-state index in [4.69, 9.17) is 0 Å². The van der Waals surface area contributed by atoms with Gasteiger partial charge in [-0.1, -0.05) is 20.8 Å². The third-order valence-electron chi connectivity index (χ3n) is 7.51. The van der Waals surface area contributed by atoms with E-state index >= 15 is 0 Å². The van der Waals surface area contributed by atoms with Crippen LogP contribution in [0.25, 0.3) is 0 Å². The van der Waals surface area contributed by atoms with Gasteiger partial charge in [0.1, 0.15) is 0 Å². The zero-order valence-corrected chi connectivity index (χ0v) is 18.6. The molecule has 1 aromatic rings. The number of piperazine rings is 1. The van der Waals surface area contributed by atoms with Crippen LogP contribution in [0.15, 0.2) is 18.2 Å². The van der Waals surface area contributed by atoms with Crippen LogP contribution in [0.2, 0.25) is 0 Å². The van der Waals surface area contributed by atoms with Crippen LogP contribution in [0.5, 0.6) is 0 Å². The molecular weight excluding hydrogens is 342 g/mol. The fourth-order valence-electron chi connectivity index (χ4n) is 5.57. The summed E-state index contributed by atoms with van der Waals surface area (Å²) in [6.07, 6.45) is 9.44. The van der Waals surface area contributed by atoms with Gasteiger partial charge in [0.25, 0.3) is 0 Å². The lowest BCUT2D eigenvalue weighted by Gasteiger charge is -2.40. The molecule has 2 saturated heterocycles. The van der Waals surface area contributed by atoms with Crippen LogP contribution in [0.3, 0.4) is 0 Å². The zero-order valence-electron chi connectivity index (χ0n) is 18.6. The molecule has 156 valence electrons. The summed E-state index contributed by atoms with van der Waals surface area (Å²) in [4.78, 5) is 7.94. The maximum atomic E-state index is 2.69. The first-order valence-electron chi connectivity index (χ1n) is 11.9. The lowest BCUT2D eigenvalue weighted by molar-refractivity contribution is 0.224. The van der Waals surface area contributed by atoms with E-state index in [2.05, 4.69) is 53.7 Å². The molecule has 3 nitrogen and oxygen atoms in total. The van der Waals surface area contributed by atoms with E-state index in [1.54, 1.807) is 11.3 Å². The SMILES string of the molecule is CCCN1CCN(c2ccc(N3CCCC3)cc2C2CCC(C)(C)CC2)CC1. The van der Waals surface area contributed by atoms with Gasteiger partial charge in [-0.15, -0.1) is 0 Å². The highest BCUT2D eigenvalue weighted by molar-refractivity contribution is 5.63. The molecule has 3 fully saturated rings. The highest BCUT2D eigenvalue weighted by Gasteiger charge is 2.30. The first-order chi connectivity index (χ1) is 13.6. The van der Waals surface area contributed by atoms with E-state index in [0.717, 1.165) is 5.92 Å². The van der Waals surface area contributed by atoms with Gasteiger partial charge in [0, 0.05) is 50.6 Å². The van der Waals surface area contributed by atoms with Crippen molar-refractivity contribution in [2.24, 2.45) is 5.41 Å². The molecular formula is C25H41N3. The second kappa shape index (κ2) is 8.65. The van der Waals surface area contributed by atoms with Crippen molar-refractivity contribution in [1.29, 1.82) is 0 Å². The Balaban J connectivity index is 1.56. The maximum Gasteiger partial charge on any atom is 0.0404 e. The van der Waals surface area contributed by atoms with Gasteiger partial charge in [0.2, 0.25) is 0 Å². The summed E-state index contributed by atoms with van der Waals surface area (Å²) in [5, 5.41) is 0. The standard InChI is InChI=1S/C25H41N3/c1-4-13-26-16-18-28(19-17-26)24-8-7-22(27-14-5-6-15-27)20-23(24)21-9-11-25(2,3)12-10-21/h7-8,20-21H,4-6,9-19H2,1-3H3. The summed E-state index contributed by atoms with van der Waals surface area (Å²) in [6, 6.07) is 7.47. The Morgan fingerprint density at radius 2 is 1.57 bits per heavy atom. The van der Waals surface area contributed by atoms with Gasteiger partial charge < -0.3 is 9.80 Å². The van der Waals surface area contributed by atoms with Crippen molar-refractivity contribution in [1.82, 2.24) is 4.90 Å². The summed E-state index contributed by atoms with van der Waals surface area (Å²) >= 11 is 0. The van der Waals surface area contributed by atoms with Gasteiger partial charge in [0.05, 0.1) is 0 Å². The topological polar surface area (TPSA) is 9.72 Å². The molecule has 0 bridgehead atoms. The van der Waals surface area contributed by atoms with E-state index in [-0.39, 0.29) is 0 Å². The Kier molecular flexibility index (Phi) is 6.20. The first-order valence-corrected chi connectivity index (χ1v) is 11.9. The van der Waals surface area contributed by atoms with Crippen molar-refractivity contribution in [3.8, 4) is 0 Å². The van der Waals surface area contributed by atoms with Gasteiger partial charge in [-0.2, -0.15) is 0 Å². The third-order valence-corrected chi connectivity index (χ3v) is 7.51. The van der Waals surface area contributed by atoms with Crippen LogP contribution in [0, 0.1) is 5.41 Å². The van der Waals surface area contributed by atoms with Crippen molar-refractivity contribution in [2.45, 2.75) is 71.6 Å². The van der Waals surface area contributed by atoms with Crippen molar-refractivity contribution >= 4 is 11.4 Å². The molecule has 4 rings (SSSR count). The second-order valence-corrected chi connectivity index (χ2v) is 10.2. The number of rotatable bonds is 5. The largest absolute Gasteiger partial charge is 0.372 e. The Morgan fingerprint density at radius 1 is 0.893 bits per heavy atom. The van der Waals surface area contributed by atoms with Gasteiger partial charge in [-0.3, -0.25) is 4.90 Å². The Hall–Kier alpha value is -1.22. The summed E-state index contributed by atoms with van der Waals surface area (Å²) in [5.41, 5.74) is 5.22. The number of nitrogens with zero attached hydrogens (tertiary/aromatic N) is 3. The minimum absolute atomic E-state index is 0.537. The van der Waals surface area contributed by atoms with Crippen molar-refractivity contribution in [2.75, 3.05) is 55.6 Å². The third kappa shape index (κ3) is 4.50. The van der Waals surface area contributed by atoms with Crippen LogP contribution < -0.4 is 9.80 Å². The summed E-state index contributed by atoms with van der Waals surface area (Å²) < 4.78 is 0. The zero-order chi connectivity index (χ0) is 19.6. The molecule has 0 amide bonds. The fraction of sp³-hybridized carbons (Fsp3) is 0.760. The van der Waals surface area contributed by atoms with Crippen LogP contribution >= 0.6 is 0 Å². The van der Waals surface area contributed by atoms with Crippen LogP contribution in [0.4, 0.5) is 11.4 Å². The predicted octanol–water partition coefficient (Wildman–Crippen LogP) is 5.50. The lowest BCUT2D eigenvalue weighted by Crippen LogP contribution is -2.47. The monoisotopic (exact) mass is 383 g/mol. The number of benzene rings is 1. The van der Waals surface area contributed by atoms with Crippen molar-refractivity contribution in [3.05, 3.63) is 23.8 Å². The molecule has 1 aromatic carbocycles.